The summed E-state index contributed by atoms with van der Waals surface area (Å²) in [5, 5.41) is 0. The Bertz CT molecular complexity index is 217. The Labute approximate surface area is 110 Å². The second kappa shape index (κ2) is 3.98. The molecule has 0 saturated carbocycles. The standard InChI is InChI=1S/C4H13O4PS.K/c1-9(2,3,4)8-10(5,6)7;/h1-4H3,(H,5,6,7);/q;+1/p-1. The Hall–Kier alpha value is 1.94. The third-order valence-electron chi connectivity index (χ3n) is 0.389. The van der Waals surface area contributed by atoms with Gasteiger partial charge >= 0.3 is 112 Å². The largest absolute Gasteiger partial charge is 1.00 e. The van der Waals surface area contributed by atoms with Crippen molar-refractivity contribution in [3.63, 3.8) is 0 Å². The molecule has 0 radical (unpaired) electrons. The summed E-state index contributed by atoms with van der Waals surface area (Å²) in [7, 11) is -4.53. The Morgan fingerprint density at radius 2 is 1.45 bits per heavy atom. The van der Waals surface area contributed by atoms with Crippen LogP contribution in [0.2, 0.25) is 0 Å². The molecule has 0 aromatic heterocycles. The van der Waals surface area contributed by atoms with Gasteiger partial charge in [0, 0.05) is 0 Å². The van der Waals surface area contributed by atoms with Crippen LogP contribution in [0, 0.1) is 0 Å². The van der Waals surface area contributed by atoms with Gasteiger partial charge in [-0.15, -0.1) is 0 Å². The molecular formula is C4H12KO4PS. The first kappa shape index (κ1) is 15.4. The van der Waals surface area contributed by atoms with Crippen molar-refractivity contribution in [3.05, 3.63) is 0 Å². The molecule has 64 valence electrons. The first-order valence-electron chi connectivity index (χ1n) is 2.64. The molecule has 0 atom stereocenters. The van der Waals surface area contributed by atoms with Gasteiger partial charge in [-0.2, -0.15) is 0 Å². The van der Waals surface area contributed by atoms with E-state index in [1.807, 2.05) is 0 Å². The predicted octanol–water partition coefficient (Wildman–Crippen LogP) is -2.55. The molecule has 0 heterocycles. The summed E-state index contributed by atoms with van der Waals surface area (Å²) in [5.74, 6) is 0. The second-order valence-electron chi connectivity index (χ2n) is 3.90. The van der Waals surface area contributed by atoms with Gasteiger partial charge in [0.2, 0.25) is 0 Å². The summed E-state index contributed by atoms with van der Waals surface area (Å²) in [6.45, 7) is 3.91. The van der Waals surface area contributed by atoms with Crippen LogP contribution in [0.15, 0.2) is 0 Å². The van der Waals surface area contributed by atoms with Crippen molar-refractivity contribution in [3.8, 4) is 0 Å². The van der Waals surface area contributed by atoms with Crippen LogP contribution in [0.25, 0.3) is 0 Å². The van der Waals surface area contributed by atoms with Gasteiger partial charge in [0.15, 0.2) is 0 Å². The van der Waals surface area contributed by atoms with Gasteiger partial charge in [-0.05, 0) is 0 Å². The molecule has 7 heteroatoms. The van der Waals surface area contributed by atoms with Gasteiger partial charge < -0.3 is 0 Å². The molecule has 0 unspecified atom stereocenters. The Morgan fingerprint density at radius 1 is 1.18 bits per heavy atom. The van der Waals surface area contributed by atoms with E-state index in [1.165, 1.54) is 0 Å². The summed E-state index contributed by atoms with van der Waals surface area (Å²) in [4.78, 5) is 0. The monoisotopic (exact) mass is 226 g/mol. The predicted molar refractivity (Wildman–Crippen MR) is 41.4 cm³/mol. The quantitative estimate of drug-likeness (QED) is 0.225. The van der Waals surface area contributed by atoms with E-state index in [0.717, 1.165) is 0 Å². The van der Waals surface area contributed by atoms with E-state index in [4.69, 9.17) is 0 Å². The molecule has 0 aromatic carbocycles. The summed E-state index contributed by atoms with van der Waals surface area (Å²) in [6.07, 6.45) is 0. The number of hydrogen-bond donors (Lipinski definition) is 0. The van der Waals surface area contributed by atoms with Crippen molar-refractivity contribution >= 4 is 17.2 Å². The first-order chi connectivity index (χ1) is 3.96. The van der Waals surface area contributed by atoms with Crippen molar-refractivity contribution in [2.24, 2.45) is 0 Å². The topological polar surface area (TPSA) is 66.4 Å². The van der Waals surface area contributed by atoms with Crippen LogP contribution >= 0.6 is 6.83 Å². The molecule has 4 nitrogen and oxygen atoms in total. The molecule has 0 spiro atoms. The zero-order chi connectivity index (χ0) is 8.65. The van der Waals surface area contributed by atoms with Crippen LogP contribution in [-0.4, -0.2) is 39.6 Å². The van der Waals surface area contributed by atoms with E-state index < -0.39 is 17.2 Å². The van der Waals surface area contributed by atoms with Crippen molar-refractivity contribution in [2.45, 2.75) is 0 Å². The maximum absolute atomic E-state index is 10.1. The van der Waals surface area contributed by atoms with E-state index in [9.17, 15) is 13.0 Å². The number of hydrogen-bond acceptors (Lipinski definition) is 4. The molecule has 0 aromatic rings. The van der Waals surface area contributed by atoms with E-state index >= 15 is 0 Å². The van der Waals surface area contributed by atoms with Gasteiger partial charge in [-0.3, -0.25) is 0 Å². The first-order valence-corrected chi connectivity index (χ1v) is 7.91. The molecule has 0 aliphatic carbocycles. The molecule has 0 saturated heterocycles. The van der Waals surface area contributed by atoms with Gasteiger partial charge in [-0.1, -0.05) is 0 Å². The van der Waals surface area contributed by atoms with Gasteiger partial charge in [-0.25, -0.2) is 0 Å². The van der Waals surface area contributed by atoms with E-state index in [0.29, 0.717) is 0 Å². The van der Waals surface area contributed by atoms with Crippen LogP contribution in [-0.2, 0) is 14.4 Å². The van der Waals surface area contributed by atoms with Crippen molar-refractivity contribution in [2.75, 3.05) is 26.7 Å². The number of rotatable bonds is 2. The zero-order valence-electron chi connectivity index (χ0n) is 7.49. The molecule has 0 rings (SSSR count). The molecule has 0 amide bonds. The van der Waals surface area contributed by atoms with Crippen LogP contribution < -0.4 is 51.4 Å². The average molecular weight is 226 g/mol. The smallest absolute Gasteiger partial charge is 1.00 e. The fourth-order valence-electron chi connectivity index (χ4n) is 0.365. The minimum atomic E-state index is -4.53. The SMILES string of the molecule is CP(C)(C)(C)OS(=O)(=O)[O-].[K+]. The summed E-state index contributed by atoms with van der Waals surface area (Å²) in [6, 6.07) is 0. The summed E-state index contributed by atoms with van der Waals surface area (Å²) in [5.41, 5.74) is 0. The molecule has 0 aliphatic rings. The third kappa shape index (κ3) is 14.8. The molecule has 0 fully saturated rings. The molecule has 11 heavy (non-hydrogen) atoms. The summed E-state index contributed by atoms with van der Waals surface area (Å²) >= 11 is 0. The van der Waals surface area contributed by atoms with Crippen molar-refractivity contribution in [1.29, 1.82) is 0 Å². The van der Waals surface area contributed by atoms with Gasteiger partial charge in [0.25, 0.3) is 0 Å². The molecule has 0 bridgehead atoms. The average Bonchev–Trinajstić information content (AvgIpc) is 1.09. The minimum Gasteiger partial charge on any atom is 1.00 e. The van der Waals surface area contributed by atoms with E-state index in [1.54, 1.807) is 26.7 Å². The maximum Gasteiger partial charge on any atom is 1.00 e. The van der Waals surface area contributed by atoms with Crippen molar-refractivity contribution in [1.82, 2.24) is 0 Å². The molecule has 0 N–H and O–H groups in total. The van der Waals surface area contributed by atoms with E-state index in [2.05, 4.69) is 3.97 Å². The maximum atomic E-state index is 10.1. The minimum absolute atomic E-state index is 0. The van der Waals surface area contributed by atoms with Crippen LogP contribution in [0.1, 0.15) is 0 Å². The van der Waals surface area contributed by atoms with E-state index in [-0.39, 0.29) is 51.4 Å². The van der Waals surface area contributed by atoms with Crippen LogP contribution in [0.5, 0.6) is 0 Å². The zero-order valence-corrected chi connectivity index (χ0v) is 12.3. The second-order valence-corrected chi connectivity index (χ2v) is 12.1. The Kier molecular flexibility index (Phi) is 5.58. The Balaban J connectivity index is 0. The fourth-order valence-corrected chi connectivity index (χ4v) is 3.29. The third-order valence-corrected chi connectivity index (χ3v) is 3.50. The molecular weight excluding hydrogens is 214 g/mol. The molecule has 0 aliphatic heterocycles. The van der Waals surface area contributed by atoms with Crippen LogP contribution in [0.3, 0.4) is 0 Å². The normalized spacial score (nSPS) is 16.3. The fraction of sp³-hybridized carbons (Fsp3) is 1.00. The van der Waals surface area contributed by atoms with Gasteiger partial charge in [0.1, 0.15) is 0 Å². The van der Waals surface area contributed by atoms with Gasteiger partial charge in [0.05, 0.1) is 0 Å². The van der Waals surface area contributed by atoms with Crippen molar-refractivity contribution < 1.29 is 68.3 Å². The Morgan fingerprint density at radius 3 is 1.45 bits per heavy atom. The summed E-state index contributed by atoms with van der Waals surface area (Å²) < 4.78 is 34.7. The van der Waals surface area contributed by atoms with Crippen LogP contribution in [0.4, 0.5) is 0 Å².